The van der Waals surface area contributed by atoms with Crippen molar-refractivity contribution < 1.29 is 4.79 Å². The molecule has 3 aromatic rings. The third-order valence-electron chi connectivity index (χ3n) is 4.24. The van der Waals surface area contributed by atoms with Gasteiger partial charge in [-0.1, -0.05) is 44.0 Å². The fraction of sp³-hybridized carbons (Fsp3) is 0.227. The molecule has 0 radical (unpaired) electrons. The number of nitrogens with zero attached hydrogens (tertiary/aromatic N) is 2. The second-order valence-electron chi connectivity index (χ2n) is 6.26. The molecular weight excluding hydrogens is 322 g/mol. The molecule has 0 saturated heterocycles. The van der Waals surface area contributed by atoms with E-state index in [2.05, 4.69) is 28.3 Å². The van der Waals surface area contributed by atoms with Gasteiger partial charge in [-0.2, -0.15) is 0 Å². The number of anilines is 1. The first-order valence-electron chi connectivity index (χ1n) is 9.04. The van der Waals surface area contributed by atoms with E-state index in [0.29, 0.717) is 11.4 Å². The molecule has 0 atom stereocenters. The van der Waals surface area contributed by atoms with Gasteiger partial charge in [0.1, 0.15) is 5.82 Å². The van der Waals surface area contributed by atoms with Crippen LogP contribution in [-0.4, -0.2) is 15.9 Å². The van der Waals surface area contributed by atoms with Gasteiger partial charge >= 0.3 is 0 Å². The number of rotatable bonds is 7. The first-order chi connectivity index (χ1) is 12.8. The molecule has 0 aliphatic carbocycles. The van der Waals surface area contributed by atoms with Crippen molar-refractivity contribution in [2.75, 3.05) is 5.32 Å². The van der Waals surface area contributed by atoms with Crippen molar-refractivity contribution in [1.29, 1.82) is 0 Å². The Morgan fingerprint density at radius 3 is 2.46 bits per heavy atom. The van der Waals surface area contributed by atoms with Gasteiger partial charge in [0.2, 0.25) is 0 Å². The molecule has 4 heteroatoms. The smallest absolute Gasteiger partial charge is 0.256 e. The predicted molar refractivity (Wildman–Crippen MR) is 105 cm³/mol. The van der Waals surface area contributed by atoms with Gasteiger partial charge in [0, 0.05) is 23.5 Å². The summed E-state index contributed by atoms with van der Waals surface area (Å²) in [5.74, 6) is 0.372. The number of nitrogens with one attached hydrogen (secondary N) is 1. The van der Waals surface area contributed by atoms with Crippen molar-refractivity contribution in [1.82, 2.24) is 9.97 Å². The van der Waals surface area contributed by atoms with Gasteiger partial charge in [-0.05, 0) is 48.7 Å². The molecule has 2 heterocycles. The van der Waals surface area contributed by atoms with Gasteiger partial charge < -0.3 is 5.32 Å². The van der Waals surface area contributed by atoms with Crippen molar-refractivity contribution >= 4 is 11.7 Å². The van der Waals surface area contributed by atoms with Gasteiger partial charge in [-0.15, -0.1) is 0 Å². The molecule has 132 valence electrons. The Morgan fingerprint density at radius 1 is 0.962 bits per heavy atom. The maximum Gasteiger partial charge on any atom is 0.256 e. The minimum atomic E-state index is -0.172. The van der Waals surface area contributed by atoms with E-state index in [1.165, 1.54) is 24.8 Å². The summed E-state index contributed by atoms with van der Waals surface area (Å²) in [4.78, 5) is 20.9. The standard InChI is InChI=1S/C22H23N3O/c1-2-3-4-7-17-9-14-20(24-16-17)18-10-12-19(13-11-18)22(26)25-21-8-5-6-15-23-21/h5-6,8-16H,2-4,7H2,1H3,(H,23,25,26). The van der Waals surface area contributed by atoms with Gasteiger partial charge in [-0.25, -0.2) is 4.98 Å². The number of hydrogen-bond acceptors (Lipinski definition) is 3. The minimum Gasteiger partial charge on any atom is -0.307 e. The van der Waals surface area contributed by atoms with Crippen LogP contribution in [0.3, 0.4) is 0 Å². The molecule has 2 aromatic heterocycles. The molecule has 0 unspecified atom stereocenters. The number of benzene rings is 1. The summed E-state index contributed by atoms with van der Waals surface area (Å²) < 4.78 is 0. The van der Waals surface area contributed by atoms with E-state index in [-0.39, 0.29) is 5.91 Å². The van der Waals surface area contributed by atoms with Crippen LogP contribution in [0.25, 0.3) is 11.3 Å². The summed E-state index contributed by atoms with van der Waals surface area (Å²) in [5, 5.41) is 2.78. The number of hydrogen-bond donors (Lipinski definition) is 1. The molecule has 0 saturated carbocycles. The van der Waals surface area contributed by atoms with Crippen molar-refractivity contribution in [3.8, 4) is 11.3 Å². The lowest BCUT2D eigenvalue weighted by Crippen LogP contribution is -2.12. The van der Waals surface area contributed by atoms with E-state index in [0.717, 1.165) is 17.7 Å². The number of unbranched alkanes of at least 4 members (excludes halogenated alkanes) is 2. The van der Waals surface area contributed by atoms with Gasteiger partial charge in [0.25, 0.3) is 5.91 Å². The number of aromatic nitrogens is 2. The molecule has 0 fully saturated rings. The molecular formula is C22H23N3O. The van der Waals surface area contributed by atoms with Crippen LogP contribution in [0.4, 0.5) is 5.82 Å². The molecule has 1 aromatic carbocycles. The number of carbonyl (C=O) groups excluding carboxylic acids is 1. The van der Waals surface area contributed by atoms with Crippen LogP contribution < -0.4 is 5.32 Å². The average molecular weight is 345 g/mol. The number of carbonyl (C=O) groups is 1. The molecule has 1 N–H and O–H groups in total. The Labute approximate surface area is 154 Å². The van der Waals surface area contributed by atoms with Crippen molar-refractivity contribution in [2.24, 2.45) is 0 Å². The third-order valence-corrected chi connectivity index (χ3v) is 4.24. The Kier molecular flexibility index (Phi) is 6.09. The molecule has 0 bridgehead atoms. The van der Waals surface area contributed by atoms with E-state index in [9.17, 15) is 4.79 Å². The van der Waals surface area contributed by atoms with Crippen molar-refractivity contribution in [3.05, 3.63) is 78.1 Å². The van der Waals surface area contributed by atoms with Crippen LogP contribution in [0.15, 0.2) is 67.0 Å². The third kappa shape index (κ3) is 4.76. The number of aryl methyl sites for hydroxylation is 1. The summed E-state index contributed by atoms with van der Waals surface area (Å²) in [5.41, 5.74) is 3.78. The van der Waals surface area contributed by atoms with Gasteiger partial charge in [-0.3, -0.25) is 9.78 Å². The summed E-state index contributed by atoms with van der Waals surface area (Å²) >= 11 is 0. The SMILES string of the molecule is CCCCCc1ccc(-c2ccc(C(=O)Nc3ccccn3)cc2)nc1. The normalized spacial score (nSPS) is 10.5. The van der Waals surface area contributed by atoms with Crippen LogP contribution in [0, 0.1) is 0 Å². The van der Waals surface area contributed by atoms with Crippen LogP contribution in [0.2, 0.25) is 0 Å². The van der Waals surface area contributed by atoms with E-state index in [1.807, 2.05) is 48.7 Å². The van der Waals surface area contributed by atoms with Gasteiger partial charge in [0.05, 0.1) is 5.69 Å². The van der Waals surface area contributed by atoms with E-state index >= 15 is 0 Å². The largest absolute Gasteiger partial charge is 0.307 e. The van der Waals surface area contributed by atoms with Crippen molar-refractivity contribution in [3.63, 3.8) is 0 Å². The topological polar surface area (TPSA) is 54.9 Å². The highest BCUT2D eigenvalue weighted by Crippen LogP contribution is 2.19. The second-order valence-corrected chi connectivity index (χ2v) is 6.26. The molecule has 0 aliphatic rings. The molecule has 1 amide bonds. The lowest BCUT2D eigenvalue weighted by Gasteiger charge is -2.06. The second kappa shape index (κ2) is 8.90. The monoisotopic (exact) mass is 345 g/mol. The highest BCUT2D eigenvalue weighted by molar-refractivity contribution is 6.03. The summed E-state index contributed by atoms with van der Waals surface area (Å²) in [6.07, 6.45) is 8.36. The zero-order chi connectivity index (χ0) is 18.2. The lowest BCUT2D eigenvalue weighted by molar-refractivity contribution is 0.102. The maximum atomic E-state index is 12.3. The fourth-order valence-corrected chi connectivity index (χ4v) is 2.74. The molecule has 3 rings (SSSR count). The van der Waals surface area contributed by atoms with Crippen LogP contribution >= 0.6 is 0 Å². The fourth-order valence-electron chi connectivity index (χ4n) is 2.74. The number of amides is 1. The quantitative estimate of drug-likeness (QED) is 0.604. The predicted octanol–water partition coefficient (Wildman–Crippen LogP) is 5.13. The molecule has 0 aliphatic heterocycles. The Balaban J connectivity index is 1.64. The van der Waals surface area contributed by atoms with Gasteiger partial charge in [0.15, 0.2) is 0 Å². The highest BCUT2D eigenvalue weighted by Gasteiger charge is 2.07. The van der Waals surface area contributed by atoms with E-state index < -0.39 is 0 Å². The molecule has 26 heavy (non-hydrogen) atoms. The molecule has 4 nitrogen and oxygen atoms in total. The van der Waals surface area contributed by atoms with E-state index in [1.54, 1.807) is 12.3 Å². The van der Waals surface area contributed by atoms with Crippen LogP contribution in [0.1, 0.15) is 42.1 Å². The highest BCUT2D eigenvalue weighted by atomic mass is 16.1. The summed E-state index contributed by atoms with van der Waals surface area (Å²) in [7, 11) is 0. The van der Waals surface area contributed by atoms with Crippen LogP contribution in [0.5, 0.6) is 0 Å². The number of pyridine rings is 2. The first kappa shape index (κ1) is 17.8. The van der Waals surface area contributed by atoms with E-state index in [4.69, 9.17) is 0 Å². The lowest BCUT2D eigenvalue weighted by atomic mass is 10.1. The maximum absolute atomic E-state index is 12.3. The zero-order valence-electron chi connectivity index (χ0n) is 15.0. The Morgan fingerprint density at radius 2 is 1.81 bits per heavy atom. The minimum absolute atomic E-state index is 0.172. The Bertz CT molecular complexity index is 828. The first-order valence-corrected chi connectivity index (χ1v) is 9.04. The van der Waals surface area contributed by atoms with Crippen LogP contribution in [-0.2, 0) is 6.42 Å². The van der Waals surface area contributed by atoms with Crippen molar-refractivity contribution in [2.45, 2.75) is 32.6 Å². The summed E-state index contributed by atoms with van der Waals surface area (Å²) in [6.45, 7) is 2.21. The zero-order valence-corrected chi connectivity index (χ0v) is 15.0. The average Bonchev–Trinajstić information content (AvgIpc) is 2.70. The Hall–Kier alpha value is -3.01. The summed E-state index contributed by atoms with van der Waals surface area (Å²) in [6, 6.07) is 17.1. The molecule has 0 spiro atoms.